The van der Waals surface area contributed by atoms with Gasteiger partial charge in [0, 0.05) is 6.04 Å². The Hall–Kier alpha value is -1.59. The lowest BCUT2D eigenvalue weighted by molar-refractivity contribution is 0.740. The van der Waals surface area contributed by atoms with Crippen molar-refractivity contribution in [2.75, 3.05) is 0 Å². The maximum Gasteiger partial charge on any atom is 0.0669 e. The van der Waals surface area contributed by atoms with E-state index in [1.54, 1.807) is 0 Å². The highest BCUT2D eigenvalue weighted by Crippen LogP contribution is 2.15. The lowest BCUT2D eigenvalue weighted by Crippen LogP contribution is -2.09. The predicted octanol–water partition coefficient (Wildman–Crippen LogP) is 2.33. The summed E-state index contributed by atoms with van der Waals surface area (Å²) in [6.07, 6.45) is 3.01. The molecule has 1 atom stereocenters. The normalized spacial score (nSPS) is 11.7. The Balaban J connectivity index is 2.82. The zero-order chi connectivity index (χ0) is 10.4. The summed E-state index contributed by atoms with van der Waals surface area (Å²) in [6, 6.07) is 9.95. The molecule has 0 saturated carbocycles. The molecule has 0 saturated heterocycles. The van der Waals surface area contributed by atoms with E-state index >= 15 is 0 Å². The van der Waals surface area contributed by atoms with Crippen LogP contribution in [0.15, 0.2) is 36.9 Å². The summed E-state index contributed by atoms with van der Waals surface area (Å²) in [5.74, 6) is 0. The van der Waals surface area contributed by atoms with Crippen LogP contribution in [0.2, 0.25) is 0 Å². The third-order valence-electron chi connectivity index (χ3n) is 2.08. The van der Waals surface area contributed by atoms with Crippen molar-refractivity contribution in [2.24, 2.45) is 5.73 Å². The summed E-state index contributed by atoms with van der Waals surface area (Å²) in [7, 11) is 0. The average molecular weight is 186 g/mol. The second-order valence-electron chi connectivity index (χ2n) is 3.21. The summed E-state index contributed by atoms with van der Waals surface area (Å²) >= 11 is 0. The van der Waals surface area contributed by atoms with Gasteiger partial charge in [0.05, 0.1) is 12.5 Å². The molecule has 72 valence electrons. The van der Waals surface area contributed by atoms with Gasteiger partial charge in [-0.2, -0.15) is 5.26 Å². The minimum Gasteiger partial charge on any atom is -0.324 e. The monoisotopic (exact) mass is 186 g/mol. The maximum absolute atomic E-state index is 8.56. The standard InChI is InChI=1S/C12H14N2/c1-2-4-12(14)11-6-3-5-10(9-11)7-8-13/h2-3,5-6,9,12H,1,4,7,14H2. The van der Waals surface area contributed by atoms with Crippen LogP contribution >= 0.6 is 0 Å². The number of benzene rings is 1. The van der Waals surface area contributed by atoms with Crippen LogP contribution in [-0.4, -0.2) is 0 Å². The van der Waals surface area contributed by atoms with E-state index in [1.807, 2.05) is 30.3 Å². The third kappa shape index (κ3) is 2.72. The molecule has 2 heteroatoms. The molecule has 0 aliphatic carbocycles. The number of nitrogens with two attached hydrogens (primary N) is 1. The molecule has 0 amide bonds. The summed E-state index contributed by atoms with van der Waals surface area (Å²) in [5, 5.41) is 8.56. The van der Waals surface area contributed by atoms with Gasteiger partial charge in [-0.15, -0.1) is 6.58 Å². The number of nitriles is 1. The Kier molecular flexibility index (Phi) is 3.90. The number of nitrogens with zero attached hydrogens (tertiary/aromatic N) is 1. The largest absolute Gasteiger partial charge is 0.324 e. The van der Waals surface area contributed by atoms with E-state index in [1.165, 1.54) is 0 Å². The molecular weight excluding hydrogens is 172 g/mol. The minimum atomic E-state index is -0.00820. The van der Waals surface area contributed by atoms with Crippen LogP contribution in [0.5, 0.6) is 0 Å². The van der Waals surface area contributed by atoms with Crippen molar-refractivity contribution in [3.63, 3.8) is 0 Å². The summed E-state index contributed by atoms with van der Waals surface area (Å²) in [6.45, 7) is 3.65. The highest BCUT2D eigenvalue weighted by atomic mass is 14.6. The molecule has 1 aromatic rings. The van der Waals surface area contributed by atoms with Crippen molar-refractivity contribution in [3.8, 4) is 6.07 Å². The SMILES string of the molecule is C=CCC(N)c1cccc(CC#N)c1. The molecule has 0 spiro atoms. The molecule has 0 radical (unpaired) electrons. The second-order valence-corrected chi connectivity index (χ2v) is 3.21. The van der Waals surface area contributed by atoms with Crippen molar-refractivity contribution in [2.45, 2.75) is 18.9 Å². The van der Waals surface area contributed by atoms with Gasteiger partial charge >= 0.3 is 0 Å². The fourth-order valence-electron chi connectivity index (χ4n) is 1.34. The van der Waals surface area contributed by atoms with Crippen molar-refractivity contribution in [3.05, 3.63) is 48.0 Å². The molecule has 2 nitrogen and oxygen atoms in total. The predicted molar refractivity (Wildman–Crippen MR) is 57.5 cm³/mol. The summed E-state index contributed by atoms with van der Waals surface area (Å²) in [5.41, 5.74) is 8.00. The van der Waals surface area contributed by atoms with E-state index in [-0.39, 0.29) is 6.04 Å². The molecule has 0 aromatic heterocycles. The van der Waals surface area contributed by atoms with Gasteiger partial charge in [0.15, 0.2) is 0 Å². The topological polar surface area (TPSA) is 49.8 Å². The Morgan fingerprint density at radius 2 is 2.36 bits per heavy atom. The van der Waals surface area contributed by atoms with E-state index in [0.717, 1.165) is 17.5 Å². The highest BCUT2D eigenvalue weighted by Gasteiger charge is 2.03. The molecule has 1 unspecified atom stereocenters. The van der Waals surface area contributed by atoms with Gasteiger partial charge in [0.25, 0.3) is 0 Å². The van der Waals surface area contributed by atoms with Crippen molar-refractivity contribution in [1.82, 2.24) is 0 Å². The summed E-state index contributed by atoms with van der Waals surface area (Å²) in [4.78, 5) is 0. The van der Waals surface area contributed by atoms with Gasteiger partial charge < -0.3 is 5.73 Å². The Morgan fingerprint density at radius 1 is 1.57 bits per heavy atom. The number of hydrogen-bond donors (Lipinski definition) is 1. The smallest absolute Gasteiger partial charge is 0.0669 e. The van der Waals surface area contributed by atoms with Crippen LogP contribution in [0.4, 0.5) is 0 Å². The summed E-state index contributed by atoms with van der Waals surface area (Å²) < 4.78 is 0. The molecule has 0 fully saturated rings. The molecular formula is C12H14N2. The quantitative estimate of drug-likeness (QED) is 0.734. The zero-order valence-electron chi connectivity index (χ0n) is 8.11. The first kappa shape index (κ1) is 10.5. The van der Waals surface area contributed by atoms with Gasteiger partial charge in [-0.3, -0.25) is 0 Å². The maximum atomic E-state index is 8.56. The molecule has 14 heavy (non-hydrogen) atoms. The molecule has 2 N–H and O–H groups in total. The van der Waals surface area contributed by atoms with E-state index in [4.69, 9.17) is 11.0 Å². The van der Waals surface area contributed by atoms with Crippen LogP contribution in [0.25, 0.3) is 0 Å². The molecule has 0 bridgehead atoms. The van der Waals surface area contributed by atoms with Crippen molar-refractivity contribution < 1.29 is 0 Å². The number of rotatable bonds is 4. The first-order chi connectivity index (χ1) is 6.77. The van der Waals surface area contributed by atoms with Gasteiger partial charge in [-0.1, -0.05) is 30.3 Å². The zero-order valence-corrected chi connectivity index (χ0v) is 8.11. The van der Waals surface area contributed by atoms with Gasteiger partial charge in [-0.25, -0.2) is 0 Å². The lowest BCUT2D eigenvalue weighted by atomic mass is 10.0. The highest BCUT2D eigenvalue weighted by molar-refractivity contribution is 5.27. The van der Waals surface area contributed by atoms with E-state index in [9.17, 15) is 0 Å². The molecule has 0 aliphatic rings. The molecule has 1 rings (SSSR count). The first-order valence-electron chi connectivity index (χ1n) is 4.60. The Bertz CT molecular complexity index is 350. The van der Waals surface area contributed by atoms with Gasteiger partial charge in [0.2, 0.25) is 0 Å². The van der Waals surface area contributed by atoms with Gasteiger partial charge in [0.1, 0.15) is 0 Å². The molecule has 0 heterocycles. The van der Waals surface area contributed by atoms with E-state index < -0.39 is 0 Å². The van der Waals surface area contributed by atoms with Crippen LogP contribution < -0.4 is 5.73 Å². The van der Waals surface area contributed by atoms with E-state index in [0.29, 0.717) is 6.42 Å². The Labute approximate surface area is 84.7 Å². The average Bonchev–Trinajstić information content (AvgIpc) is 2.19. The van der Waals surface area contributed by atoms with E-state index in [2.05, 4.69) is 12.6 Å². The van der Waals surface area contributed by atoms with Crippen molar-refractivity contribution >= 4 is 0 Å². The lowest BCUT2D eigenvalue weighted by Gasteiger charge is -2.09. The first-order valence-corrected chi connectivity index (χ1v) is 4.60. The minimum absolute atomic E-state index is 0.00820. The number of hydrogen-bond acceptors (Lipinski definition) is 2. The van der Waals surface area contributed by atoms with Crippen LogP contribution in [0.3, 0.4) is 0 Å². The van der Waals surface area contributed by atoms with Crippen LogP contribution in [0, 0.1) is 11.3 Å². The van der Waals surface area contributed by atoms with Crippen LogP contribution in [0.1, 0.15) is 23.6 Å². The Morgan fingerprint density at radius 3 is 3.00 bits per heavy atom. The molecule has 1 aromatic carbocycles. The second kappa shape index (κ2) is 5.21. The fourth-order valence-corrected chi connectivity index (χ4v) is 1.34. The van der Waals surface area contributed by atoms with Crippen LogP contribution in [-0.2, 0) is 6.42 Å². The van der Waals surface area contributed by atoms with Gasteiger partial charge in [-0.05, 0) is 17.5 Å². The third-order valence-corrected chi connectivity index (χ3v) is 2.08. The van der Waals surface area contributed by atoms with Crippen molar-refractivity contribution in [1.29, 1.82) is 5.26 Å². The fraction of sp³-hybridized carbons (Fsp3) is 0.250. The molecule has 0 aliphatic heterocycles.